The second-order valence-corrected chi connectivity index (χ2v) is 4.94. The number of hydrogen-bond acceptors (Lipinski definition) is 1. The molecule has 0 saturated heterocycles. The predicted octanol–water partition coefficient (Wildman–Crippen LogP) is 4.74. The van der Waals surface area contributed by atoms with E-state index in [1.54, 1.807) is 16.0 Å². The third-order valence-electron chi connectivity index (χ3n) is 2.86. The van der Waals surface area contributed by atoms with Crippen LogP contribution in [0.25, 0.3) is 0 Å². The molecule has 0 aromatic carbocycles. The summed E-state index contributed by atoms with van der Waals surface area (Å²) in [5.74, 6) is 0. The minimum absolute atomic E-state index is 1.20. The van der Waals surface area contributed by atoms with E-state index in [1.807, 2.05) is 11.3 Å². The maximum absolute atomic E-state index is 2.36. The second-order valence-electron chi connectivity index (χ2n) is 3.97. The van der Waals surface area contributed by atoms with Crippen LogP contribution in [-0.4, -0.2) is 0 Å². The zero-order valence-electron chi connectivity index (χ0n) is 9.73. The van der Waals surface area contributed by atoms with E-state index in [9.17, 15) is 0 Å². The molecule has 0 aliphatic carbocycles. The summed E-state index contributed by atoms with van der Waals surface area (Å²) in [5, 5.41) is 2.36. The smallest absolute Gasteiger partial charge is 0.00745 e. The summed E-state index contributed by atoms with van der Waals surface area (Å²) in [6.45, 7) is 6.80. The zero-order valence-corrected chi connectivity index (χ0v) is 10.5. The van der Waals surface area contributed by atoms with Crippen LogP contribution in [0.4, 0.5) is 0 Å². The van der Waals surface area contributed by atoms with Crippen LogP contribution in [0.1, 0.15) is 55.5 Å². The highest BCUT2D eigenvalue weighted by atomic mass is 32.1. The molecular weight excluding hydrogens is 188 g/mol. The van der Waals surface area contributed by atoms with E-state index in [-0.39, 0.29) is 0 Å². The topological polar surface area (TPSA) is 0 Å². The number of rotatable bonds is 6. The van der Waals surface area contributed by atoms with E-state index in [0.717, 1.165) is 0 Å². The van der Waals surface area contributed by atoms with Crippen LogP contribution >= 0.6 is 11.3 Å². The molecule has 0 atom stereocenters. The monoisotopic (exact) mass is 210 g/mol. The molecule has 0 nitrogen and oxygen atoms in total. The Labute approximate surface area is 92.4 Å². The van der Waals surface area contributed by atoms with E-state index in [4.69, 9.17) is 0 Å². The summed E-state index contributed by atoms with van der Waals surface area (Å²) in [5.41, 5.74) is 3.16. The average molecular weight is 210 g/mol. The van der Waals surface area contributed by atoms with Crippen LogP contribution in [0.15, 0.2) is 5.38 Å². The first-order valence-corrected chi connectivity index (χ1v) is 6.73. The van der Waals surface area contributed by atoms with Gasteiger partial charge in [0.2, 0.25) is 0 Å². The van der Waals surface area contributed by atoms with E-state index in [2.05, 4.69) is 26.2 Å². The summed E-state index contributed by atoms with van der Waals surface area (Å²) in [7, 11) is 0. The van der Waals surface area contributed by atoms with E-state index >= 15 is 0 Å². The van der Waals surface area contributed by atoms with Crippen molar-refractivity contribution in [2.45, 2.75) is 59.3 Å². The lowest BCUT2D eigenvalue weighted by molar-refractivity contribution is 0.666. The molecular formula is C13H22S. The Hall–Kier alpha value is -0.300. The lowest BCUT2D eigenvalue weighted by Crippen LogP contribution is -1.87. The molecule has 0 radical (unpaired) electrons. The fraction of sp³-hybridized carbons (Fsp3) is 0.692. The van der Waals surface area contributed by atoms with Gasteiger partial charge in [-0.3, -0.25) is 0 Å². The van der Waals surface area contributed by atoms with Crippen LogP contribution in [0.5, 0.6) is 0 Å². The fourth-order valence-corrected chi connectivity index (χ4v) is 2.89. The molecule has 0 unspecified atom stereocenters. The molecule has 14 heavy (non-hydrogen) atoms. The van der Waals surface area contributed by atoms with Crippen molar-refractivity contribution < 1.29 is 0 Å². The first kappa shape index (κ1) is 11.8. The minimum Gasteiger partial charge on any atom is -0.148 e. The molecule has 1 heteroatoms. The van der Waals surface area contributed by atoms with Crippen molar-refractivity contribution in [2.24, 2.45) is 0 Å². The number of thiophene rings is 1. The van der Waals surface area contributed by atoms with Crippen molar-refractivity contribution in [3.63, 3.8) is 0 Å². The van der Waals surface area contributed by atoms with Crippen molar-refractivity contribution in [1.29, 1.82) is 0 Å². The maximum atomic E-state index is 2.36. The quantitative estimate of drug-likeness (QED) is 0.595. The molecule has 0 spiro atoms. The summed E-state index contributed by atoms with van der Waals surface area (Å²) in [6.07, 6.45) is 7.99. The Kier molecular flexibility index (Phi) is 5.24. The largest absolute Gasteiger partial charge is 0.148 e. The van der Waals surface area contributed by atoms with Gasteiger partial charge in [0.05, 0.1) is 0 Å². The first-order valence-electron chi connectivity index (χ1n) is 5.85. The van der Waals surface area contributed by atoms with Gasteiger partial charge in [0.15, 0.2) is 0 Å². The molecule has 0 N–H and O–H groups in total. The van der Waals surface area contributed by atoms with Gasteiger partial charge in [-0.05, 0) is 42.7 Å². The van der Waals surface area contributed by atoms with Gasteiger partial charge >= 0.3 is 0 Å². The van der Waals surface area contributed by atoms with Crippen LogP contribution in [-0.2, 0) is 12.8 Å². The van der Waals surface area contributed by atoms with Crippen LogP contribution in [0, 0.1) is 6.92 Å². The fourth-order valence-electron chi connectivity index (χ4n) is 1.84. The van der Waals surface area contributed by atoms with E-state index in [1.165, 1.54) is 38.5 Å². The summed E-state index contributed by atoms with van der Waals surface area (Å²) < 4.78 is 0. The van der Waals surface area contributed by atoms with Gasteiger partial charge in [-0.25, -0.2) is 0 Å². The molecule has 0 amide bonds. The maximum Gasteiger partial charge on any atom is 0.00745 e. The van der Waals surface area contributed by atoms with Gasteiger partial charge in [-0.1, -0.05) is 33.1 Å². The molecule has 80 valence electrons. The minimum atomic E-state index is 1.20. The third kappa shape index (κ3) is 3.13. The molecule has 1 heterocycles. The lowest BCUT2D eigenvalue weighted by Gasteiger charge is -2.01. The molecule has 0 aliphatic rings. The van der Waals surface area contributed by atoms with E-state index < -0.39 is 0 Å². The van der Waals surface area contributed by atoms with Gasteiger partial charge in [-0.2, -0.15) is 0 Å². The second kappa shape index (κ2) is 6.23. The van der Waals surface area contributed by atoms with Crippen molar-refractivity contribution in [3.05, 3.63) is 21.4 Å². The molecule has 0 aliphatic heterocycles. The first-order chi connectivity index (χ1) is 6.79. The van der Waals surface area contributed by atoms with Crippen LogP contribution in [0.3, 0.4) is 0 Å². The summed E-state index contributed by atoms with van der Waals surface area (Å²) in [6, 6.07) is 0. The third-order valence-corrected chi connectivity index (χ3v) is 4.15. The number of unbranched alkanes of at least 4 members (excludes halogenated alkanes) is 3. The highest BCUT2D eigenvalue weighted by molar-refractivity contribution is 7.10. The molecule has 0 saturated carbocycles. The molecule has 0 bridgehead atoms. The standard InChI is InChI=1S/C13H22S/c1-4-6-7-8-9-12-10-14-13(5-2)11(12)3/h10H,4-9H2,1-3H3. The van der Waals surface area contributed by atoms with Crippen molar-refractivity contribution in [1.82, 2.24) is 0 Å². The Morgan fingerprint density at radius 2 is 1.93 bits per heavy atom. The van der Waals surface area contributed by atoms with Gasteiger partial charge < -0.3 is 0 Å². The predicted molar refractivity (Wildman–Crippen MR) is 66.3 cm³/mol. The van der Waals surface area contributed by atoms with Gasteiger partial charge in [-0.15, -0.1) is 11.3 Å². The normalized spacial score (nSPS) is 10.8. The number of aryl methyl sites for hydroxylation is 2. The highest BCUT2D eigenvalue weighted by Crippen LogP contribution is 2.23. The Bertz CT molecular complexity index is 260. The summed E-state index contributed by atoms with van der Waals surface area (Å²) >= 11 is 1.94. The van der Waals surface area contributed by atoms with Crippen molar-refractivity contribution in [3.8, 4) is 0 Å². The molecule has 0 fully saturated rings. The van der Waals surface area contributed by atoms with Crippen molar-refractivity contribution >= 4 is 11.3 Å². The van der Waals surface area contributed by atoms with Gasteiger partial charge in [0, 0.05) is 4.88 Å². The zero-order chi connectivity index (χ0) is 10.4. The lowest BCUT2D eigenvalue weighted by atomic mass is 10.0. The van der Waals surface area contributed by atoms with Crippen LogP contribution in [0.2, 0.25) is 0 Å². The highest BCUT2D eigenvalue weighted by Gasteiger charge is 2.04. The van der Waals surface area contributed by atoms with Crippen LogP contribution < -0.4 is 0 Å². The average Bonchev–Trinajstić information content (AvgIpc) is 2.55. The Morgan fingerprint density at radius 1 is 1.14 bits per heavy atom. The van der Waals surface area contributed by atoms with Gasteiger partial charge in [0.25, 0.3) is 0 Å². The number of hydrogen-bond donors (Lipinski definition) is 0. The molecule has 1 rings (SSSR count). The van der Waals surface area contributed by atoms with Crippen molar-refractivity contribution in [2.75, 3.05) is 0 Å². The molecule has 1 aromatic rings. The van der Waals surface area contributed by atoms with E-state index in [0.29, 0.717) is 0 Å². The SMILES string of the molecule is CCCCCCc1csc(CC)c1C. The molecule has 1 aromatic heterocycles. The van der Waals surface area contributed by atoms with Gasteiger partial charge in [0.1, 0.15) is 0 Å². The Morgan fingerprint density at radius 3 is 2.50 bits per heavy atom. The summed E-state index contributed by atoms with van der Waals surface area (Å²) in [4.78, 5) is 1.58. The Balaban J connectivity index is 2.39.